The highest BCUT2D eigenvalue weighted by Crippen LogP contribution is 2.17. The first-order valence-corrected chi connectivity index (χ1v) is 5.72. The van der Waals surface area contributed by atoms with Crippen molar-refractivity contribution in [3.63, 3.8) is 0 Å². The SMILES string of the molecule is CC(CO)CCCNc1cccc(F)c1C#N. The first-order valence-electron chi connectivity index (χ1n) is 5.72. The van der Waals surface area contributed by atoms with E-state index in [1.165, 1.54) is 6.07 Å². The van der Waals surface area contributed by atoms with Gasteiger partial charge in [-0.3, -0.25) is 0 Å². The van der Waals surface area contributed by atoms with Gasteiger partial charge in [-0.2, -0.15) is 5.26 Å². The molecule has 2 N–H and O–H groups in total. The van der Waals surface area contributed by atoms with Crippen LogP contribution in [0.3, 0.4) is 0 Å². The van der Waals surface area contributed by atoms with Crippen molar-refractivity contribution in [3.8, 4) is 6.07 Å². The number of anilines is 1. The Morgan fingerprint density at radius 3 is 2.94 bits per heavy atom. The molecule has 1 rings (SSSR count). The van der Waals surface area contributed by atoms with Crippen molar-refractivity contribution in [3.05, 3.63) is 29.6 Å². The second kappa shape index (κ2) is 6.87. The van der Waals surface area contributed by atoms with Crippen LogP contribution in [-0.2, 0) is 0 Å². The molecule has 92 valence electrons. The minimum Gasteiger partial charge on any atom is -0.396 e. The minimum absolute atomic E-state index is 0.0581. The summed E-state index contributed by atoms with van der Waals surface area (Å²) in [4.78, 5) is 0. The minimum atomic E-state index is -0.499. The summed E-state index contributed by atoms with van der Waals surface area (Å²) in [7, 11) is 0. The number of halogens is 1. The fourth-order valence-electron chi connectivity index (χ4n) is 1.55. The van der Waals surface area contributed by atoms with Gasteiger partial charge in [-0.1, -0.05) is 13.0 Å². The lowest BCUT2D eigenvalue weighted by atomic mass is 10.1. The van der Waals surface area contributed by atoms with Gasteiger partial charge in [0.15, 0.2) is 0 Å². The quantitative estimate of drug-likeness (QED) is 0.746. The van der Waals surface area contributed by atoms with Gasteiger partial charge >= 0.3 is 0 Å². The monoisotopic (exact) mass is 236 g/mol. The van der Waals surface area contributed by atoms with E-state index in [1.807, 2.05) is 13.0 Å². The van der Waals surface area contributed by atoms with Crippen molar-refractivity contribution in [2.75, 3.05) is 18.5 Å². The third-order valence-electron chi connectivity index (χ3n) is 2.63. The Hall–Kier alpha value is -1.60. The highest BCUT2D eigenvalue weighted by molar-refractivity contribution is 5.57. The molecule has 0 aliphatic rings. The Balaban J connectivity index is 2.47. The van der Waals surface area contributed by atoms with E-state index >= 15 is 0 Å². The Morgan fingerprint density at radius 2 is 2.29 bits per heavy atom. The van der Waals surface area contributed by atoms with E-state index in [0.29, 0.717) is 12.2 Å². The number of nitriles is 1. The average molecular weight is 236 g/mol. The van der Waals surface area contributed by atoms with Gasteiger partial charge in [0.1, 0.15) is 17.4 Å². The molecule has 0 aromatic heterocycles. The third-order valence-corrected chi connectivity index (χ3v) is 2.63. The summed E-state index contributed by atoms with van der Waals surface area (Å²) in [5.74, 6) is -0.221. The Kier molecular flexibility index (Phi) is 5.44. The van der Waals surface area contributed by atoms with Crippen LogP contribution in [0.4, 0.5) is 10.1 Å². The second-order valence-corrected chi connectivity index (χ2v) is 4.13. The number of benzene rings is 1. The van der Waals surface area contributed by atoms with Gasteiger partial charge in [0.25, 0.3) is 0 Å². The van der Waals surface area contributed by atoms with E-state index < -0.39 is 5.82 Å². The summed E-state index contributed by atoms with van der Waals surface area (Å²) in [5.41, 5.74) is 0.590. The molecule has 1 aromatic carbocycles. The third kappa shape index (κ3) is 4.04. The number of aliphatic hydroxyl groups is 1. The normalized spacial score (nSPS) is 11.9. The van der Waals surface area contributed by atoms with Crippen LogP contribution < -0.4 is 5.32 Å². The molecule has 1 atom stereocenters. The molecule has 4 heteroatoms. The molecular weight excluding hydrogens is 219 g/mol. The summed E-state index contributed by atoms with van der Waals surface area (Å²) >= 11 is 0. The zero-order valence-electron chi connectivity index (χ0n) is 9.91. The maximum atomic E-state index is 13.2. The molecule has 0 spiro atoms. The van der Waals surface area contributed by atoms with Crippen molar-refractivity contribution in [1.29, 1.82) is 5.26 Å². The van der Waals surface area contributed by atoms with E-state index in [-0.39, 0.29) is 18.1 Å². The predicted octanol–water partition coefficient (Wildman–Crippen LogP) is 2.52. The zero-order chi connectivity index (χ0) is 12.7. The lowest BCUT2D eigenvalue weighted by molar-refractivity contribution is 0.229. The first-order chi connectivity index (χ1) is 8.19. The van der Waals surface area contributed by atoms with Gasteiger partial charge in [0.05, 0.1) is 5.69 Å². The standard InChI is InChI=1S/C13H17FN2O/c1-10(9-17)4-3-7-16-13-6-2-5-12(14)11(13)8-15/h2,5-6,10,16-17H,3-4,7,9H2,1H3. The lowest BCUT2D eigenvalue weighted by Gasteiger charge is -2.10. The topological polar surface area (TPSA) is 56.0 Å². The molecule has 1 unspecified atom stereocenters. The van der Waals surface area contributed by atoms with Crippen LogP contribution >= 0.6 is 0 Å². The molecule has 1 aromatic rings. The van der Waals surface area contributed by atoms with Crippen molar-refractivity contribution in [2.24, 2.45) is 5.92 Å². The van der Waals surface area contributed by atoms with Crippen LogP contribution in [0.5, 0.6) is 0 Å². The lowest BCUT2D eigenvalue weighted by Crippen LogP contribution is -2.07. The van der Waals surface area contributed by atoms with Gasteiger partial charge in [0.2, 0.25) is 0 Å². The number of nitrogens with zero attached hydrogens (tertiary/aromatic N) is 1. The van der Waals surface area contributed by atoms with Crippen molar-refractivity contribution < 1.29 is 9.50 Å². The van der Waals surface area contributed by atoms with Gasteiger partial charge in [-0.05, 0) is 30.9 Å². The Morgan fingerprint density at radius 1 is 1.53 bits per heavy atom. The van der Waals surface area contributed by atoms with Gasteiger partial charge in [-0.15, -0.1) is 0 Å². The van der Waals surface area contributed by atoms with E-state index in [1.54, 1.807) is 12.1 Å². The summed E-state index contributed by atoms with van der Waals surface area (Å²) in [6.45, 7) is 2.83. The highest BCUT2D eigenvalue weighted by Gasteiger charge is 2.06. The second-order valence-electron chi connectivity index (χ2n) is 4.13. The predicted molar refractivity (Wildman–Crippen MR) is 65.1 cm³/mol. The highest BCUT2D eigenvalue weighted by atomic mass is 19.1. The average Bonchev–Trinajstić information content (AvgIpc) is 2.34. The van der Waals surface area contributed by atoms with Crippen LogP contribution in [-0.4, -0.2) is 18.3 Å². The number of hydrogen-bond acceptors (Lipinski definition) is 3. The number of nitrogens with one attached hydrogen (secondary N) is 1. The van der Waals surface area contributed by atoms with Crippen molar-refractivity contribution >= 4 is 5.69 Å². The van der Waals surface area contributed by atoms with Crippen LogP contribution in [0.1, 0.15) is 25.3 Å². The van der Waals surface area contributed by atoms with Crippen LogP contribution in [0.2, 0.25) is 0 Å². The van der Waals surface area contributed by atoms with E-state index in [9.17, 15) is 4.39 Å². The molecule has 0 saturated heterocycles. The maximum Gasteiger partial charge on any atom is 0.143 e. The molecule has 3 nitrogen and oxygen atoms in total. The maximum absolute atomic E-state index is 13.2. The molecule has 17 heavy (non-hydrogen) atoms. The van der Waals surface area contributed by atoms with E-state index in [4.69, 9.17) is 10.4 Å². The number of hydrogen-bond donors (Lipinski definition) is 2. The summed E-state index contributed by atoms with van der Waals surface area (Å²) in [6, 6.07) is 6.39. The molecule has 0 fully saturated rings. The van der Waals surface area contributed by atoms with Crippen molar-refractivity contribution in [2.45, 2.75) is 19.8 Å². The molecule has 0 amide bonds. The summed E-state index contributed by atoms with van der Waals surface area (Å²) in [6.07, 6.45) is 1.78. The molecule has 0 bridgehead atoms. The molecular formula is C13H17FN2O. The van der Waals surface area contributed by atoms with Crippen molar-refractivity contribution in [1.82, 2.24) is 0 Å². The summed E-state index contributed by atoms with van der Waals surface area (Å²) < 4.78 is 13.2. The van der Waals surface area contributed by atoms with E-state index in [2.05, 4.69) is 5.32 Å². The van der Waals surface area contributed by atoms with Gasteiger partial charge < -0.3 is 10.4 Å². The molecule has 0 heterocycles. The summed E-state index contributed by atoms with van der Waals surface area (Å²) in [5, 5.41) is 20.7. The van der Waals surface area contributed by atoms with Crippen LogP contribution in [0.15, 0.2) is 18.2 Å². The zero-order valence-corrected chi connectivity index (χ0v) is 9.91. The molecule has 0 saturated carbocycles. The molecule has 0 radical (unpaired) electrons. The molecule has 0 aliphatic carbocycles. The smallest absolute Gasteiger partial charge is 0.143 e. The van der Waals surface area contributed by atoms with Crippen LogP contribution in [0, 0.1) is 23.1 Å². The Labute approximate surface area is 101 Å². The van der Waals surface area contributed by atoms with Crippen LogP contribution in [0.25, 0.3) is 0 Å². The van der Waals surface area contributed by atoms with Gasteiger partial charge in [0, 0.05) is 13.2 Å². The van der Waals surface area contributed by atoms with Gasteiger partial charge in [-0.25, -0.2) is 4.39 Å². The fourth-order valence-corrected chi connectivity index (χ4v) is 1.55. The fraction of sp³-hybridized carbons (Fsp3) is 0.462. The largest absolute Gasteiger partial charge is 0.396 e. The number of aliphatic hydroxyl groups excluding tert-OH is 1. The first kappa shape index (κ1) is 13.5. The molecule has 0 aliphatic heterocycles. The Bertz CT molecular complexity index is 401. The van der Waals surface area contributed by atoms with E-state index in [0.717, 1.165) is 12.8 Å². The number of rotatable bonds is 6.